The van der Waals surface area contributed by atoms with Crippen molar-refractivity contribution < 1.29 is 13.2 Å². The Morgan fingerprint density at radius 3 is 2.59 bits per heavy atom. The first-order chi connectivity index (χ1) is 12.8. The van der Waals surface area contributed by atoms with Gasteiger partial charge in [0.2, 0.25) is 10.0 Å². The molecule has 1 aromatic heterocycles. The van der Waals surface area contributed by atoms with Crippen molar-refractivity contribution in [1.29, 1.82) is 0 Å². The summed E-state index contributed by atoms with van der Waals surface area (Å²) in [5.74, 6) is 1.25. The fraction of sp³-hybridized carbons (Fsp3) is 0.167. The molecule has 0 aliphatic heterocycles. The minimum Gasteiger partial charge on any atom is -0.486 e. The SMILES string of the molecule is CS(=O)(=O)Nc1cccc(OCc2nccn2Cc2cc(Cl)cc(Cl)c2)c1. The van der Waals surface area contributed by atoms with Gasteiger partial charge in [0.05, 0.1) is 11.9 Å². The molecule has 6 nitrogen and oxygen atoms in total. The first kappa shape index (κ1) is 19.5. The predicted octanol–water partition coefficient (Wildman–Crippen LogP) is 4.19. The largest absolute Gasteiger partial charge is 0.486 e. The van der Waals surface area contributed by atoms with Crippen LogP contribution < -0.4 is 9.46 Å². The highest BCUT2D eigenvalue weighted by atomic mass is 35.5. The summed E-state index contributed by atoms with van der Waals surface area (Å²) >= 11 is 12.1. The molecule has 0 bridgehead atoms. The molecule has 9 heteroatoms. The van der Waals surface area contributed by atoms with Crippen LogP contribution in [0.2, 0.25) is 10.0 Å². The Hall–Kier alpha value is -2.22. The van der Waals surface area contributed by atoms with Crippen LogP contribution >= 0.6 is 23.2 Å². The molecule has 142 valence electrons. The first-order valence-electron chi connectivity index (χ1n) is 7.94. The van der Waals surface area contributed by atoms with Crippen LogP contribution in [0.4, 0.5) is 5.69 Å². The number of ether oxygens (including phenoxy) is 1. The maximum atomic E-state index is 11.3. The molecular weight excluding hydrogens is 409 g/mol. The van der Waals surface area contributed by atoms with E-state index in [-0.39, 0.29) is 6.61 Å². The molecule has 0 saturated carbocycles. The van der Waals surface area contributed by atoms with Gasteiger partial charge in [-0.05, 0) is 35.9 Å². The number of hydrogen-bond acceptors (Lipinski definition) is 4. The van der Waals surface area contributed by atoms with Gasteiger partial charge in [-0.2, -0.15) is 0 Å². The molecular formula is C18H17Cl2N3O3S. The molecule has 0 amide bonds. The standard InChI is InChI=1S/C18H17Cl2N3O3S/c1-27(24,25)22-16-3-2-4-17(10-16)26-12-18-21-5-6-23(18)11-13-7-14(19)9-15(20)8-13/h2-10,22H,11-12H2,1H3. The summed E-state index contributed by atoms with van der Waals surface area (Å²) in [6.07, 6.45) is 4.63. The fourth-order valence-electron chi connectivity index (χ4n) is 2.53. The molecule has 0 unspecified atom stereocenters. The monoisotopic (exact) mass is 425 g/mol. The minimum absolute atomic E-state index is 0.226. The Kier molecular flexibility index (Phi) is 5.94. The second-order valence-corrected chi connectivity index (χ2v) is 8.56. The second-order valence-electron chi connectivity index (χ2n) is 5.94. The smallest absolute Gasteiger partial charge is 0.229 e. The van der Waals surface area contributed by atoms with Crippen LogP contribution in [0.1, 0.15) is 11.4 Å². The van der Waals surface area contributed by atoms with Gasteiger partial charge in [0, 0.05) is 35.1 Å². The van der Waals surface area contributed by atoms with Gasteiger partial charge in [-0.15, -0.1) is 0 Å². The van der Waals surface area contributed by atoms with Crippen LogP contribution in [0.5, 0.6) is 5.75 Å². The van der Waals surface area contributed by atoms with E-state index in [0.717, 1.165) is 11.8 Å². The number of nitrogens with zero attached hydrogens (tertiary/aromatic N) is 2. The van der Waals surface area contributed by atoms with Crippen molar-refractivity contribution in [3.8, 4) is 5.75 Å². The van der Waals surface area contributed by atoms with Gasteiger partial charge >= 0.3 is 0 Å². The molecule has 0 fully saturated rings. The maximum absolute atomic E-state index is 11.3. The van der Waals surface area contributed by atoms with E-state index in [9.17, 15) is 8.42 Å². The van der Waals surface area contributed by atoms with Gasteiger partial charge in [-0.3, -0.25) is 4.72 Å². The quantitative estimate of drug-likeness (QED) is 0.615. The zero-order chi connectivity index (χ0) is 19.4. The number of halogens is 2. The van der Waals surface area contributed by atoms with E-state index in [0.29, 0.717) is 33.9 Å². The Morgan fingerprint density at radius 2 is 1.89 bits per heavy atom. The summed E-state index contributed by atoms with van der Waals surface area (Å²) in [5.41, 5.74) is 1.39. The number of anilines is 1. The summed E-state index contributed by atoms with van der Waals surface area (Å²) in [6, 6.07) is 12.1. The Labute approximate surface area is 167 Å². The lowest BCUT2D eigenvalue weighted by atomic mass is 10.2. The number of hydrogen-bond donors (Lipinski definition) is 1. The van der Waals surface area contributed by atoms with Crippen LogP contribution in [0, 0.1) is 0 Å². The third-order valence-corrected chi connectivity index (χ3v) is 4.63. The lowest BCUT2D eigenvalue weighted by molar-refractivity contribution is 0.290. The highest BCUT2D eigenvalue weighted by Crippen LogP contribution is 2.21. The van der Waals surface area contributed by atoms with E-state index >= 15 is 0 Å². The third-order valence-electron chi connectivity index (χ3n) is 3.58. The second kappa shape index (κ2) is 8.21. The van der Waals surface area contributed by atoms with Gasteiger partial charge in [0.1, 0.15) is 18.2 Å². The molecule has 0 aliphatic carbocycles. The number of sulfonamides is 1. The number of imidazole rings is 1. The minimum atomic E-state index is -3.34. The van der Waals surface area contributed by atoms with Crippen molar-refractivity contribution in [2.45, 2.75) is 13.2 Å². The lowest BCUT2D eigenvalue weighted by Gasteiger charge is -2.11. The Bertz CT molecular complexity index is 1030. The van der Waals surface area contributed by atoms with Crippen molar-refractivity contribution in [2.24, 2.45) is 0 Å². The molecule has 3 aromatic rings. The normalized spacial score (nSPS) is 11.4. The van der Waals surface area contributed by atoms with Gasteiger partial charge in [-0.1, -0.05) is 29.3 Å². The zero-order valence-corrected chi connectivity index (χ0v) is 16.7. The molecule has 0 spiro atoms. The number of nitrogens with one attached hydrogen (secondary N) is 1. The maximum Gasteiger partial charge on any atom is 0.229 e. The number of aromatic nitrogens is 2. The Morgan fingerprint density at radius 1 is 1.15 bits per heavy atom. The summed E-state index contributed by atoms with van der Waals surface area (Å²) in [4.78, 5) is 4.31. The summed E-state index contributed by atoms with van der Waals surface area (Å²) in [5, 5.41) is 1.15. The van der Waals surface area contributed by atoms with Crippen LogP contribution in [-0.4, -0.2) is 24.2 Å². The first-order valence-corrected chi connectivity index (χ1v) is 10.6. The van der Waals surface area contributed by atoms with Crippen LogP contribution in [0.25, 0.3) is 0 Å². The van der Waals surface area contributed by atoms with Crippen LogP contribution in [0.15, 0.2) is 54.9 Å². The van der Waals surface area contributed by atoms with Gasteiger partial charge in [0.25, 0.3) is 0 Å². The predicted molar refractivity (Wildman–Crippen MR) is 107 cm³/mol. The van der Waals surface area contributed by atoms with E-state index in [2.05, 4.69) is 9.71 Å². The number of benzene rings is 2. The lowest BCUT2D eigenvalue weighted by Crippen LogP contribution is -2.10. The van der Waals surface area contributed by atoms with Gasteiger partial charge in [-0.25, -0.2) is 13.4 Å². The highest BCUT2D eigenvalue weighted by molar-refractivity contribution is 7.92. The van der Waals surface area contributed by atoms with E-state index in [1.165, 1.54) is 0 Å². The van der Waals surface area contributed by atoms with E-state index in [4.69, 9.17) is 27.9 Å². The van der Waals surface area contributed by atoms with E-state index in [1.807, 2.05) is 22.9 Å². The zero-order valence-electron chi connectivity index (χ0n) is 14.4. The molecule has 3 rings (SSSR count). The van der Waals surface area contributed by atoms with Crippen molar-refractivity contribution in [1.82, 2.24) is 9.55 Å². The van der Waals surface area contributed by atoms with Crippen molar-refractivity contribution in [2.75, 3.05) is 11.0 Å². The van der Waals surface area contributed by atoms with Gasteiger partial charge < -0.3 is 9.30 Å². The van der Waals surface area contributed by atoms with E-state index < -0.39 is 10.0 Å². The Balaban J connectivity index is 1.69. The molecule has 0 atom stereocenters. The van der Waals surface area contributed by atoms with Gasteiger partial charge in [0.15, 0.2) is 0 Å². The molecule has 0 radical (unpaired) electrons. The summed E-state index contributed by atoms with van der Waals surface area (Å²) in [7, 11) is -3.34. The van der Waals surface area contributed by atoms with E-state index in [1.54, 1.807) is 36.5 Å². The fourth-order valence-corrected chi connectivity index (χ4v) is 3.66. The summed E-state index contributed by atoms with van der Waals surface area (Å²) < 4.78 is 32.8. The molecule has 1 N–H and O–H groups in total. The average molecular weight is 426 g/mol. The van der Waals surface area contributed by atoms with Crippen LogP contribution in [0.3, 0.4) is 0 Å². The van der Waals surface area contributed by atoms with Crippen molar-refractivity contribution in [3.63, 3.8) is 0 Å². The van der Waals surface area contributed by atoms with Crippen molar-refractivity contribution >= 4 is 38.9 Å². The van der Waals surface area contributed by atoms with Crippen LogP contribution in [-0.2, 0) is 23.2 Å². The molecule has 1 heterocycles. The van der Waals surface area contributed by atoms with Crippen molar-refractivity contribution in [3.05, 3.63) is 76.3 Å². The topological polar surface area (TPSA) is 73.2 Å². The summed E-state index contributed by atoms with van der Waals surface area (Å²) in [6.45, 7) is 0.776. The third kappa shape index (κ3) is 5.89. The molecule has 0 aliphatic rings. The molecule has 27 heavy (non-hydrogen) atoms. The average Bonchev–Trinajstić information content (AvgIpc) is 2.98. The molecule has 0 saturated heterocycles. The highest BCUT2D eigenvalue weighted by Gasteiger charge is 2.08. The molecule has 2 aromatic carbocycles. The number of rotatable bonds is 7.